The van der Waals surface area contributed by atoms with E-state index in [2.05, 4.69) is 31.4 Å². The number of nitrogens with one attached hydrogen (secondary N) is 2. The van der Waals surface area contributed by atoms with Crippen LogP contribution in [-0.2, 0) is 9.59 Å². The van der Waals surface area contributed by atoms with E-state index in [1.165, 1.54) is 0 Å². The summed E-state index contributed by atoms with van der Waals surface area (Å²) in [6, 6.07) is 5.74. The van der Waals surface area contributed by atoms with Gasteiger partial charge in [0.15, 0.2) is 5.82 Å². The lowest BCUT2D eigenvalue weighted by Gasteiger charge is -2.15. The Morgan fingerprint density at radius 1 is 1.50 bits per heavy atom. The van der Waals surface area contributed by atoms with Crippen LogP contribution in [0.2, 0.25) is 0 Å². The van der Waals surface area contributed by atoms with Gasteiger partial charge < -0.3 is 10.2 Å². The average Bonchev–Trinajstić information content (AvgIpc) is 3.09. The van der Waals surface area contributed by atoms with E-state index in [1.54, 1.807) is 4.90 Å². The lowest BCUT2D eigenvalue weighted by Crippen LogP contribution is -2.36. The zero-order chi connectivity index (χ0) is 17.3. The summed E-state index contributed by atoms with van der Waals surface area (Å²) in [4.78, 5) is 28.2. The van der Waals surface area contributed by atoms with Gasteiger partial charge in [0, 0.05) is 35.9 Å². The van der Waals surface area contributed by atoms with Crippen LogP contribution in [0.25, 0.3) is 10.9 Å². The smallest absolute Gasteiger partial charge is 0.229 e. The molecule has 2 heterocycles. The number of fused-ring (bicyclic) bond motifs is 1. The molecular formula is C16H20BrN5O2. The summed E-state index contributed by atoms with van der Waals surface area (Å²) in [7, 11) is 3.90. The molecule has 7 nitrogen and oxygen atoms in total. The molecule has 1 saturated heterocycles. The molecule has 128 valence electrons. The van der Waals surface area contributed by atoms with Crippen LogP contribution in [0, 0.1) is 5.92 Å². The topological polar surface area (TPSA) is 81.3 Å². The normalized spacial score (nSPS) is 17.9. The summed E-state index contributed by atoms with van der Waals surface area (Å²) >= 11 is 3.42. The fourth-order valence-corrected chi connectivity index (χ4v) is 3.18. The van der Waals surface area contributed by atoms with Crippen LogP contribution >= 0.6 is 15.9 Å². The number of aromatic amines is 1. The van der Waals surface area contributed by atoms with Crippen LogP contribution in [0.1, 0.15) is 6.42 Å². The molecule has 1 unspecified atom stereocenters. The number of nitrogens with zero attached hydrogens (tertiary/aromatic N) is 3. The number of hydrogen-bond donors (Lipinski definition) is 2. The van der Waals surface area contributed by atoms with E-state index in [9.17, 15) is 9.59 Å². The van der Waals surface area contributed by atoms with Crippen molar-refractivity contribution in [2.75, 3.05) is 38.6 Å². The molecule has 2 N–H and O–H groups in total. The first-order chi connectivity index (χ1) is 11.5. The molecule has 1 fully saturated rings. The van der Waals surface area contributed by atoms with Crippen molar-refractivity contribution < 1.29 is 9.59 Å². The van der Waals surface area contributed by atoms with Gasteiger partial charge in [-0.05, 0) is 32.3 Å². The highest BCUT2D eigenvalue weighted by Gasteiger charge is 2.36. The van der Waals surface area contributed by atoms with Gasteiger partial charge in [-0.25, -0.2) is 0 Å². The summed E-state index contributed by atoms with van der Waals surface area (Å²) in [6.07, 6.45) is 0.221. The van der Waals surface area contributed by atoms with E-state index < -0.39 is 0 Å². The predicted octanol–water partition coefficient (Wildman–Crippen LogP) is 1.36. The highest BCUT2D eigenvalue weighted by molar-refractivity contribution is 9.10. The van der Waals surface area contributed by atoms with E-state index in [0.717, 1.165) is 21.9 Å². The number of aromatic nitrogens is 2. The third-order valence-electron chi connectivity index (χ3n) is 4.11. The molecule has 0 radical (unpaired) electrons. The maximum absolute atomic E-state index is 12.4. The molecule has 1 atom stereocenters. The molecule has 8 heteroatoms. The molecule has 1 aromatic carbocycles. The fraction of sp³-hybridized carbons (Fsp3) is 0.438. The van der Waals surface area contributed by atoms with E-state index in [0.29, 0.717) is 18.9 Å². The second kappa shape index (κ2) is 6.90. The number of carbonyl (C=O) groups is 2. The van der Waals surface area contributed by atoms with Crippen LogP contribution in [-0.4, -0.2) is 60.6 Å². The van der Waals surface area contributed by atoms with Crippen molar-refractivity contribution in [2.24, 2.45) is 5.92 Å². The van der Waals surface area contributed by atoms with Gasteiger partial charge in [-0.3, -0.25) is 19.6 Å². The first-order valence-electron chi connectivity index (χ1n) is 7.82. The molecule has 1 aliphatic heterocycles. The maximum Gasteiger partial charge on any atom is 0.229 e. The Kier molecular flexibility index (Phi) is 4.86. The minimum atomic E-state index is -0.332. The molecule has 0 aliphatic carbocycles. The number of carbonyl (C=O) groups excluding carboxylic acids is 2. The number of hydrogen-bond acceptors (Lipinski definition) is 4. The summed E-state index contributed by atoms with van der Waals surface area (Å²) in [6.45, 7) is 1.72. The highest BCUT2D eigenvalue weighted by atomic mass is 79.9. The highest BCUT2D eigenvalue weighted by Crippen LogP contribution is 2.31. The predicted molar refractivity (Wildman–Crippen MR) is 95.8 cm³/mol. The monoisotopic (exact) mass is 393 g/mol. The lowest BCUT2D eigenvalue weighted by atomic mass is 10.1. The van der Waals surface area contributed by atoms with Crippen molar-refractivity contribution in [1.29, 1.82) is 0 Å². The molecule has 24 heavy (non-hydrogen) atoms. The molecular weight excluding hydrogens is 374 g/mol. The molecule has 0 bridgehead atoms. The summed E-state index contributed by atoms with van der Waals surface area (Å²) in [5, 5.41) is 11.0. The summed E-state index contributed by atoms with van der Waals surface area (Å²) < 4.78 is 0.941. The number of amides is 2. The Morgan fingerprint density at radius 2 is 2.29 bits per heavy atom. The van der Waals surface area contributed by atoms with Gasteiger partial charge in [0.25, 0.3) is 0 Å². The minimum absolute atomic E-state index is 0.0703. The Morgan fingerprint density at radius 3 is 3.04 bits per heavy atom. The quantitative estimate of drug-likeness (QED) is 0.803. The Balaban J connectivity index is 1.71. The van der Waals surface area contributed by atoms with Gasteiger partial charge in [-0.2, -0.15) is 5.10 Å². The van der Waals surface area contributed by atoms with Gasteiger partial charge >= 0.3 is 0 Å². The van der Waals surface area contributed by atoms with Gasteiger partial charge in [-0.15, -0.1) is 0 Å². The molecule has 1 aromatic heterocycles. The number of rotatable bonds is 5. The largest absolute Gasteiger partial charge is 0.355 e. The molecule has 0 saturated carbocycles. The van der Waals surface area contributed by atoms with Crippen LogP contribution in [0.5, 0.6) is 0 Å². The second-order valence-corrected chi connectivity index (χ2v) is 7.15. The SMILES string of the molecule is CN(C)CCNC(=O)C1CC(=O)N(c2n[nH]c3cc(Br)ccc23)C1. The van der Waals surface area contributed by atoms with Crippen LogP contribution in [0.15, 0.2) is 22.7 Å². The van der Waals surface area contributed by atoms with Crippen molar-refractivity contribution in [2.45, 2.75) is 6.42 Å². The summed E-state index contributed by atoms with van der Waals surface area (Å²) in [5.41, 5.74) is 0.853. The number of anilines is 1. The second-order valence-electron chi connectivity index (χ2n) is 6.24. The molecule has 0 spiro atoms. The van der Waals surface area contributed by atoms with Crippen LogP contribution in [0.4, 0.5) is 5.82 Å². The van der Waals surface area contributed by atoms with E-state index in [1.807, 2.05) is 37.2 Å². The summed E-state index contributed by atoms with van der Waals surface area (Å²) in [5.74, 6) is 0.113. The number of likely N-dealkylation sites (N-methyl/N-ethyl adjacent to an activating group) is 1. The average molecular weight is 394 g/mol. The third kappa shape index (κ3) is 3.44. The Bertz CT molecular complexity index is 773. The van der Waals surface area contributed by atoms with Crippen molar-refractivity contribution in [3.8, 4) is 0 Å². The van der Waals surface area contributed by atoms with Gasteiger partial charge in [-0.1, -0.05) is 15.9 Å². The van der Waals surface area contributed by atoms with Crippen LogP contribution < -0.4 is 10.2 Å². The fourth-order valence-electron chi connectivity index (χ4n) is 2.82. The Labute approximate surface area is 148 Å². The van der Waals surface area contributed by atoms with Gasteiger partial charge in [0.05, 0.1) is 11.4 Å². The Hall–Kier alpha value is -1.93. The zero-order valence-corrected chi connectivity index (χ0v) is 15.3. The van der Waals surface area contributed by atoms with Gasteiger partial charge in [0.1, 0.15) is 0 Å². The lowest BCUT2D eigenvalue weighted by molar-refractivity contribution is -0.126. The number of H-pyrrole nitrogens is 1. The first-order valence-corrected chi connectivity index (χ1v) is 8.61. The molecule has 2 amide bonds. The number of benzene rings is 1. The molecule has 1 aliphatic rings. The maximum atomic E-state index is 12.4. The van der Waals surface area contributed by atoms with Crippen molar-refractivity contribution in [3.63, 3.8) is 0 Å². The number of halogens is 1. The molecule has 2 aromatic rings. The van der Waals surface area contributed by atoms with Crippen molar-refractivity contribution in [3.05, 3.63) is 22.7 Å². The van der Waals surface area contributed by atoms with Crippen molar-refractivity contribution >= 4 is 44.5 Å². The van der Waals surface area contributed by atoms with Crippen LogP contribution in [0.3, 0.4) is 0 Å². The van der Waals surface area contributed by atoms with Crippen molar-refractivity contribution in [1.82, 2.24) is 20.4 Å². The third-order valence-corrected chi connectivity index (χ3v) is 4.61. The first kappa shape index (κ1) is 16.9. The van der Waals surface area contributed by atoms with Gasteiger partial charge in [0.2, 0.25) is 11.8 Å². The standard InChI is InChI=1S/C16H20BrN5O2/c1-21(2)6-5-18-16(24)10-7-14(23)22(9-10)15-12-4-3-11(17)8-13(12)19-20-15/h3-4,8,10H,5-7,9H2,1-2H3,(H,18,24)(H,19,20). The molecule has 3 rings (SSSR count). The minimum Gasteiger partial charge on any atom is -0.355 e. The van der Waals surface area contributed by atoms with E-state index >= 15 is 0 Å². The van der Waals surface area contributed by atoms with E-state index in [-0.39, 0.29) is 24.2 Å². The zero-order valence-electron chi connectivity index (χ0n) is 13.7. The van der Waals surface area contributed by atoms with E-state index in [4.69, 9.17) is 0 Å².